The molecule has 0 aromatic heterocycles. The molecular weight excluding hydrogens is 376 g/mol. The van der Waals surface area contributed by atoms with Gasteiger partial charge in [0.2, 0.25) is 0 Å². The van der Waals surface area contributed by atoms with Crippen LogP contribution in [-0.2, 0) is 0 Å². The number of rotatable bonds is 14. The topological polar surface area (TPSA) is 62.8 Å². The van der Waals surface area contributed by atoms with E-state index in [0.29, 0.717) is 13.2 Å². The average Bonchev–Trinajstić information content (AvgIpc) is 3.04. The highest BCUT2D eigenvalue weighted by Crippen LogP contribution is 2.45. The molecule has 0 saturated heterocycles. The monoisotopic (exact) mass is 412 g/mol. The molecule has 0 radical (unpaired) electrons. The van der Waals surface area contributed by atoms with Crippen LogP contribution in [0.3, 0.4) is 0 Å². The van der Waals surface area contributed by atoms with Gasteiger partial charge in [0.15, 0.2) is 0 Å². The van der Waals surface area contributed by atoms with E-state index < -0.39 is 6.10 Å². The van der Waals surface area contributed by atoms with Gasteiger partial charge in [-0.3, -0.25) is 0 Å². The molecule has 2 aromatic carbocycles. The third-order valence-corrected chi connectivity index (χ3v) is 5.31. The molecule has 0 heterocycles. The molecule has 1 aliphatic carbocycles. The van der Waals surface area contributed by atoms with Crippen LogP contribution in [0.15, 0.2) is 36.4 Å². The lowest BCUT2D eigenvalue weighted by Crippen LogP contribution is -2.18. The molecule has 164 valence electrons. The van der Waals surface area contributed by atoms with Gasteiger partial charge in [0.25, 0.3) is 0 Å². The first-order valence-electron chi connectivity index (χ1n) is 11.4. The zero-order chi connectivity index (χ0) is 21.2. The molecule has 0 amide bonds. The Hall–Kier alpha value is -2.08. The van der Waals surface area contributed by atoms with Gasteiger partial charge in [0, 0.05) is 0 Å². The Bertz CT molecular complexity index is 794. The molecule has 3 N–H and O–H groups in total. The number of aliphatic hydroxyl groups is 1. The molecule has 3 rings (SSSR count). The van der Waals surface area contributed by atoms with Crippen LogP contribution in [0.25, 0.3) is 11.1 Å². The van der Waals surface area contributed by atoms with Crippen molar-refractivity contribution >= 4 is 0 Å². The van der Waals surface area contributed by atoms with Crippen LogP contribution in [0.1, 0.15) is 56.8 Å². The van der Waals surface area contributed by atoms with E-state index in [1.54, 1.807) is 0 Å². The van der Waals surface area contributed by atoms with E-state index in [-0.39, 0.29) is 0 Å². The summed E-state index contributed by atoms with van der Waals surface area (Å²) in [4.78, 5) is 0. The lowest BCUT2D eigenvalue weighted by Gasteiger charge is -2.10. The Morgan fingerprint density at radius 1 is 0.733 bits per heavy atom. The predicted octanol–water partition coefficient (Wildman–Crippen LogP) is 4.29. The van der Waals surface area contributed by atoms with Crippen molar-refractivity contribution in [2.24, 2.45) is 0 Å². The number of hydrogen-bond acceptors (Lipinski definition) is 5. The third-order valence-electron chi connectivity index (χ3n) is 5.31. The molecule has 1 atom stereocenters. The standard InChI is InChI=1S/C25H36N2O3/c1-3-11-26-13-5-15-29-19-8-10-22-23(17-19)21-9-7-20(18-24(21)25(22)28)30-16-6-14-27-12-4-2/h7-10,17-18,25-28H,3-6,11-16H2,1-2H3. The fourth-order valence-corrected chi connectivity index (χ4v) is 3.74. The maximum Gasteiger partial charge on any atom is 0.119 e. The second-order valence-corrected chi connectivity index (χ2v) is 7.80. The molecule has 1 unspecified atom stereocenters. The molecule has 0 aliphatic heterocycles. The molecule has 0 spiro atoms. The lowest BCUT2D eigenvalue weighted by atomic mass is 10.1. The van der Waals surface area contributed by atoms with Crippen LogP contribution in [-0.4, -0.2) is 44.5 Å². The summed E-state index contributed by atoms with van der Waals surface area (Å²) in [7, 11) is 0. The van der Waals surface area contributed by atoms with Crippen molar-refractivity contribution in [2.75, 3.05) is 39.4 Å². The number of nitrogens with one attached hydrogen (secondary N) is 2. The van der Waals surface area contributed by atoms with Crippen molar-refractivity contribution in [3.63, 3.8) is 0 Å². The smallest absolute Gasteiger partial charge is 0.119 e. The van der Waals surface area contributed by atoms with Gasteiger partial charge in [-0.15, -0.1) is 0 Å². The molecule has 0 bridgehead atoms. The van der Waals surface area contributed by atoms with Gasteiger partial charge < -0.3 is 25.2 Å². The van der Waals surface area contributed by atoms with Crippen molar-refractivity contribution in [1.29, 1.82) is 0 Å². The Kier molecular flexibility index (Phi) is 9.00. The highest BCUT2D eigenvalue weighted by Gasteiger charge is 2.27. The summed E-state index contributed by atoms with van der Waals surface area (Å²) in [5.74, 6) is 1.66. The van der Waals surface area contributed by atoms with Gasteiger partial charge in [-0.2, -0.15) is 0 Å². The summed E-state index contributed by atoms with van der Waals surface area (Å²) >= 11 is 0. The maximum absolute atomic E-state index is 10.8. The van der Waals surface area contributed by atoms with Crippen molar-refractivity contribution < 1.29 is 14.6 Å². The van der Waals surface area contributed by atoms with Gasteiger partial charge in [0.1, 0.15) is 17.6 Å². The fraction of sp³-hybridized carbons (Fsp3) is 0.520. The number of aliphatic hydroxyl groups excluding tert-OH is 1. The predicted molar refractivity (Wildman–Crippen MR) is 122 cm³/mol. The van der Waals surface area contributed by atoms with Crippen molar-refractivity contribution in [2.45, 2.75) is 45.6 Å². The first-order chi connectivity index (χ1) is 14.7. The summed E-state index contributed by atoms with van der Waals surface area (Å²) in [6.07, 6.45) is 3.63. The molecule has 30 heavy (non-hydrogen) atoms. The van der Waals surface area contributed by atoms with E-state index in [1.165, 1.54) is 0 Å². The van der Waals surface area contributed by atoms with E-state index in [0.717, 1.165) is 85.6 Å². The normalized spacial score (nSPS) is 14.4. The van der Waals surface area contributed by atoms with Crippen LogP contribution < -0.4 is 20.1 Å². The zero-order valence-corrected chi connectivity index (χ0v) is 18.4. The summed E-state index contributed by atoms with van der Waals surface area (Å²) in [6, 6.07) is 12.0. The molecule has 1 aliphatic rings. The van der Waals surface area contributed by atoms with E-state index in [2.05, 4.69) is 24.5 Å². The van der Waals surface area contributed by atoms with Gasteiger partial charge in [-0.25, -0.2) is 0 Å². The van der Waals surface area contributed by atoms with Crippen LogP contribution in [0.4, 0.5) is 0 Å². The number of hydrogen-bond donors (Lipinski definition) is 3. The molecular formula is C25H36N2O3. The van der Waals surface area contributed by atoms with Gasteiger partial charge >= 0.3 is 0 Å². The largest absolute Gasteiger partial charge is 0.494 e. The quantitative estimate of drug-likeness (QED) is 0.404. The van der Waals surface area contributed by atoms with Gasteiger partial charge in [-0.1, -0.05) is 26.0 Å². The first-order valence-corrected chi connectivity index (χ1v) is 11.4. The van der Waals surface area contributed by atoms with Gasteiger partial charge in [0.05, 0.1) is 13.2 Å². The Balaban J connectivity index is 1.56. The third kappa shape index (κ3) is 5.97. The van der Waals surface area contributed by atoms with Crippen LogP contribution in [0.2, 0.25) is 0 Å². The average molecular weight is 413 g/mol. The van der Waals surface area contributed by atoms with Crippen LogP contribution in [0, 0.1) is 0 Å². The van der Waals surface area contributed by atoms with Crippen molar-refractivity contribution in [3.8, 4) is 22.6 Å². The summed E-state index contributed by atoms with van der Waals surface area (Å²) in [5, 5.41) is 17.6. The highest BCUT2D eigenvalue weighted by atomic mass is 16.5. The Labute approximate surface area is 180 Å². The SMILES string of the molecule is CCCNCCCOc1ccc2c(c1)-c1ccc(OCCCNCCC)cc1C2O. The number of ether oxygens (including phenoxy) is 2. The van der Waals surface area contributed by atoms with Crippen LogP contribution >= 0.6 is 0 Å². The first kappa shape index (κ1) is 22.6. The molecule has 0 saturated carbocycles. The fourth-order valence-electron chi connectivity index (χ4n) is 3.74. The minimum absolute atomic E-state index is 0.614. The summed E-state index contributed by atoms with van der Waals surface area (Å²) < 4.78 is 11.8. The van der Waals surface area contributed by atoms with E-state index in [1.807, 2.05) is 36.4 Å². The second-order valence-electron chi connectivity index (χ2n) is 7.80. The Morgan fingerprint density at radius 3 is 1.97 bits per heavy atom. The van der Waals surface area contributed by atoms with Crippen molar-refractivity contribution in [3.05, 3.63) is 47.5 Å². The molecule has 5 nitrogen and oxygen atoms in total. The second kappa shape index (κ2) is 11.9. The summed E-state index contributed by atoms with van der Waals surface area (Å²) in [6.45, 7) is 9.72. The van der Waals surface area contributed by atoms with Crippen LogP contribution in [0.5, 0.6) is 11.5 Å². The highest BCUT2D eigenvalue weighted by molar-refractivity contribution is 5.79. The Morgan fingerprint density at radius 2 is 1.33 bits per heavy atom. The lowest BCUT2D eigenvalue weighted by molar-refractivity contribution is 0.224. The molecule has 5 heteroatoms. The van der Waals surface area contributed by atoms with E-state index >= 15 is 0 Å². The van der Waals surface area contributed by atoms with E-state index in [4.69, 9.17) is 9.47 Å². The zero-order valence-electron chi connectivity index (χ0n) is 18.4. The summed E-state index contributed by atoms with van der Waals surface area (Å²) in [5.41, 5.74) is 3.95. The maximum atomic E-state index is 10.8. The minimum atomic E-state index is -0.614. The van der Waals surface area contributed by atoms with Crippen molar-refractivity contribution in [1.82, 2.24) is 10.6 Å². The molecule has 0 fully saturated rings. The van der Waals surface area contributed by atoms with Gasteiger partial charge in [-0.05, 0) is 98.4 Å². The number of fused-ring (bicyclic) bond motifs is 3. The molecule has 2 aromatic rings. The number of benzene rings is 2. The van der Waals surface area contributed by atoms with E-state index in [9.17, 15) is 5.11 Å². The minimum Gasteiger partial charge on any atom is -0.494 e.